The SMILES string of the molecule is COc1cc(/C=C(/C#N)C(=O)Nc2cc(C(F)(F)F)ccc2Cl)ccc1OCC(=O)Nc1cccc(C(F)(F)F)c1. The number of hydrogen-bond acceptors (Lipinski definition) is 5. The Labute approximate surface area is 233 Å². The molecule has 3 rings (SSSR count). The summed E-state index contributed by atoms with van der Waals surface area (Å²) in [5.41, 5.74) is -2.65. The number of hydrogen-bond donors (Lipinski definition) is 2. The molecule has 14 heteroatoms. The van der Waals surface area contributed by atoms with Crippen molar-refractivity contribution in [3.8, 4) is 17.6 Å². The van der Waals surface area contributed by atoms with E-state index in [1.165, 1.54) is 31.4 Å². The first-order valence-corrected chi connectivity index (χ1v) is 11.7. The van der Waals surface area contributed by atoms with E-state index < -0.39 is 47.5 Å². The van der Waals surface area contributed by atoms with Crippen LogP contribution in [0.1, 0.15) is 16.7 Å². The Morgan fingerprint density at radius 2 is 1.61 bits per heavy atom. The van der Waals surface area contributed by atoms with Crippen LogP contribution in [0.5, 0.6) is 11.5 Å². The maximum atomic E-state index is 13.0. The van der Waals surface area contributed by atoms with E-state index in [0.29, 0.717) is 6.07 Å². The van der Waals surface area contributed by atoms with E-state index in [9.17, 15) is 41.2 Å². The Bertz CT molecular complexity index is 1530. The molecule has 0 fully saturated rings. The second-order valence-electron chi connectivity index (χ2n) is 8.14. The van der Waals surface area contributed by atoms with Crippen LogP contribution in [-0.4, -0.2) is 25.5 Å². The van der Waals surface area contributed by atoms with Gasteiger partial charge < -0.3 is 20.1 Å². The first-order chi connectivity index (χ1) is 19.2. The van der Waals surface area contributed by atoms with Gasteiger partial charge in [-0.25, -0.2) is 0 Å². The van der Waals surface area contributed by atoms with E-state index in [1.807, 2.05) is 0 Å². The lowest BCUT2D eigenvalue weighted by Gasteiger charge is -2.13. The number of methoxy groups -OCH3 is 1. The Morgan fingerprint density at radius 3 is 2.24 bits per heavy atom. The van der Waals surface area contributed by atoms with Crippen LogP contribution in [0.25, 0.3) is 6.08 Å². The summed E-state index contributed by atoms with van der Waals surface area (Å²) in [5.74, 6) is -1.65. The zero-order valence-electron chi connectivity index (χ0n) is 20.8. The van der Waals surface area contributed by atoms with Crippen molar-refractivity contribution in [1.29, 1.82) is 5.26 Å². The molecule has 3 aromatic rings. The van der Waals surface area contributed by atoms with Gasteiger partial charge in [0.05, 0.1) is 28.9 Å². The highest BCUT2D eigenvalue weighted by molar-refractivity contribution is 6.34. The lowest BCUT2D eigenvalue weighted by molar-refractivity contribution is -0.138. The molecule has 0 spiro atoms. The number of carbonyl (C=O) groups is 2. The molecule has 0 aliphatic carbocycles. The summed E-state index contributed by atoms with van der Waals surface area (Å²) in [7, 11) is 1.27. The normalized spacial score (nSPS) is 11.8. The van der Waals surface area contributed by atoms with Crippen molar-refractivity contribution in [2.24, 2.45) is 0 Å². The highest BCUT2D eigenvalue weighted by Crippen LogP contribution is 2.34. The molecule has 0 bridgehead atoms. The number of nitrogens with one attached hydrogen (secondary N) is 2. The number of benzene rings is 3. The fourth-order valence-corrected chi connectivity index (χ4v) is 3.47. The Morgan fingerprint density at radius 1 is 0.927 bits per heavy atom. The minimum Gasteiger partial charge on any atom is -0.493 e. The van der Waals surface area contributed by atoms with Gasteiger partial charge in [-0.05, 0) is 60.2 Å². The lowest BCUT2D eigenvalue weighted by atomic mass is 10.1. The molecule has 0 saturated heterocycles. The fraction of sp³-hybridized carbons (Fsp3) is 0.148. The number of anilines is 2. The summed E-state index contributed by atoms with van der Waals surface area (Å²) >= 11 is 5.89. The largest absolute Gasteiger partial charge is 0.493 e. The second kappa shape index (κ2) is 12.6. The highest BCUT2D eigenvalue weighted by atomic mass is 35.5. The maximum absolute atomic E-state index is 13.0. The van der Waals surface area contributed by atoms with Crippen LogP contribution < -0.4 is 20.1 Å². The number of nitriles is 1. The van der Waals surface area contributed by atoms with Crippen molar-refractivity contribution in [2.75, 3.05) is 24.4 Å². The molecule has 3 aromatic carbocycles. The Hall–Kier alpha value is -4.70. The second-order valence-corrected chi connectivity index (χ2v) is 8.55. The van der Waals surface area contributed by atoms with Gasteiger partial charge in [0.1, 0.15) is 11.6 Å². The summed E-state index contributed by atoms with van der Waals surface area (Å²) in [6.07, 6.45) is -8.14. The maximum Gasteiger partial charge on any atom is 0.416 e. The predicted octanol–water partition coefficient (Wildman–Crippen LogP) is 6.95. The topological polar surface area (TPSA) is 100 Å². The van der Waals surface area contributed by atoms with E-state index in [2.05, 4.69) is 10.6 Å². The predicted molar refractivity (Wildman–Crippen MR) is 137 cm³/mol. The van der Waals surface area contributed by atoms with Crippen molar-refractivity contribution in [2.45, 2.75) is 12.4 Å². The average Bonchev–Trinajstić information content (AvgIpc) is 2.91. The summed E-state index contributed by atoms with van der Waals surface area (Å²) in [6.45, 7) is -0.592. The highest BCUT2D eigenvalue weighted by Gasteiger charge is 2.31. The first kappa shape index (κ1) is 30.8. The third-order valence-corrected chi connectivity index (χ3v) is 5.57. The van der Waals surface area contributed by atoms with Crippen LogP contribution in [0, 0.1) is 11.3 Å². The molecule has 214 valence electrons. The minimum atomic E-state index is -4.68. The van der Waals surface area contributed by atoms with Crippen LogP contribution >= 0.6 is 11.6 Å². The third-order valence-electron chi connectivity index (χ3n) is 5.24. The molecule has 0 aliphatic heterocycles. The zero-order chi connectivity index (χ0) is 30.4. The van der Waals surface area contributed by atoms with E-state index in [1.54, 1.807) is 6.07 Å². The first-order valence-electron chi connectivity index (χ1n) is 11.3. The summed E-state index contributed by atoms with van der Waals surface area (Å²) in [6, 6.07) is 12.1. The molecule has 0 aromatic heterocycles. The minimum absolute atomic E-state index is 0.0579. The van der Waals surface area contributed by atoms with Crippen LogP contribution in [-0.2, 0) is 21.9 Å². The number of rotatable bonds is 8. The Balaban J connectivity index is 1.71. The summed E-state index contributed by atoms with van der Waals surface area (Å²) in [4.78, 5) is 24.8. The molecule has 0 radical (unpaired) electrons. The van der Waals surface area contributed by atoms with Crippen molar-refractivity contribution in [3.05, 3.63) is 87.9 Å². The van der Waals surface area contributed by atoms with Crippen molar-refractivity contribution in [1.82, 2.24) is 0 Å². The zero-order valence-corrected chi connectivity index (χ0v) is 21.5. The average molecular weight is 598 g/mol. The van der Waals surface area contributed by atoms with E-state index in [-0.39, 0.29) is 33.5 Å². The monoisotopic (exact) mass is 597 g/mol. The number of nitrogens with zero attached hydrogens (tertiary/aromatic N) is 1. The molecule has 2 amide bonds. The van der Waals surface area contributed by atoms with Crippen LogP contribution in [0.4, 0.5) is 37.7 Å². The molecule has 0 unspecified atom stereocenters. The van der Waals surface area contributed by atoms with Gasteiger partial charge in [-0.2, -0.15) is 31.6 Å². The van der Waals surface area contributed by atoms with E-state index >= 15 is 0 Å². The quantitative estimate of drug-likeness (QED) is 0.166. The van der Waals surface area contributed by atoms with Gasteiger partial charge in [0.25, 0.3) is 11.8 Å². The van der Waals surface area contributed by atoms with Crippen molar-refractivity contribution < 1.29 is 45.4 Å². The van der Waals surface area contributed by atoms with Gasteiger partial charge in [0, 0.05) is 5.69 Å². The molecule has 7 nitrogen and oxygen atoms in total. The molecular formula is C27H18ClF6N3O4. The number of alkyl halides is 6. The van der Waals surface area contributed by atoms with Gasteiger partial charge in [0.2, 0.25) is 0 Å². The standard InChI is InChI=1S/C27H18ClF6N3O4/c1-40-23-10-15(9-16(13-35)25(39)37-21-12-18(27(32,33)34)6-7-20(21)28)5-8-22(23)41-14-24(38)36-19-4-2-3-17(11-19)26(29,30)31/h2-12H,14H2,1H3,(H,36,38)(H,37,39)/b16-9-. The van der Waals surface area contributed by atoms with Crippen molar-refractivity contribution >= 4 is 40.9 Å². The fourth-order valence-electron chi connectivity index (χ4n) is 3.31. The smallest absolute Gasteiger partial charge is 0.416 e. The number of ether oxygens (including phenoxy) is 2. The van der Waals surface area contributed by atoms with Crippen molar-refractivity contribution in [3.63, 3.8) is 0 Å². The lowest BCUT2D eigenvalue weighted by Crippen LogP contribution is -2.20. The third kappa shape index (κ3) is 8.39. The number of amides is 2. The van der Waals surface area contributed by atoms with Gasteiger partial charge >= 0.3 is 12.4 Å². The number of carbonyl (C=O) groups excluding carboxylic acids is 2. The van der Waals surface area contributed by atoms with Gasteiger partial charge in [-0.15, -0.1) is 0 Å². The molecule has 0 atom stereocenters. The number of halogens is 7. The summed E-state index contributed by atoms with van der Waals surface area (Å²) < 4.78 is 88.2. The molecule has 0 saturated carbocycles. The molecule has 0 aliphatic rings. The Kier molecular flexibility index (Phi) is 9.51. The van der Waals surface area contributed by atoms with E-state index in [0.717, 1.165) is 36.4 Å². The van der Waals surface area contributed by atoms with Gasteiger partial charge in [0.15, 0.2) is 18.1 Å². The van der Waals surface area contributed by atoms with Crippen LogP contribution in [0.15, 0.2) is 66.2 Å². The van der Waals surface area contributed by atoms with Crippen LogP contribution in [0.3, 0.4) is 0 Å². The molecular weight excluding hydrogens is 580 g/mol. The molecule has 2 N–H and O–H groups in total. The van der Waals surface area contributed by atoms with Crippen LogP contribution in [0.2, 0.25) is 5.02 Å². The van der Waals surface area contributed by atoms with Gasteiger partial charge in [-0.3, -0.25) is 9.59 Å². The van der Waals surface area contributed by atoms with Gasteiger partial charge in [-0.1, -0.05) is 23.7 Å². The van der Waals surface area contributed by atoms with E-state index in [4.69, 9.17) is 21.1 Å². The summed E-state index contributed by atoms with van der Waals surface area (Å²) in [5, 5.41) is 13.7. The molecule has 41 heavy (non-hydrogen) atoms. The molecule has 0 heterocycles.